The van der Waals surface area contributed by atoms with Crippen LogP contribution in [0.4, 0.5) is 5.95 Å². The van der Waals surface area contributed by atoms with E-state index in [0.717, 1.165) is 0 Å². The van der Waals surface area contributed by atoms with E-state index in [2.05, 4.69) is 20.6 Å². The molecule has 1 aromatic rings. The number of aromatic hydroxyl groups is 1. The van der Waals surface area contributed by atoms with Crippen LogP contribution in [0.2, 0.25) is 0 Å². The molecule has 0 saturated heterocycles. The number of hydrogen-bond acceptors (Lipinski definition) is 5. The van der Waals surface area contributed by atoms with Gasteiger partial charge in [-0.2, -0.15) is 4.98 Å². The topological polar surface area (TPSA) is 127 Å². The number of imidazole rings is 1. The van der Waals surface area contributed by atoms with Crippen LogP contribution in [0.3, 0.4) is 0 Å². The van der Waals surface area contributed by atoms with Crippen molar-refractivity contribution >= 4 is 17.8 Å². The molecule has 1 heterocycles. The number of carbonyl (C=O) groups is 2. The molecule has 8 heteroatoms. The van der Waals surface area contributed by atoms with E-state index >= 15 is 0 Å². The number of nitrogens with one attached hydrogen (secondary N) is 3. The SMILES string of the molecule is CC(=O)N[C@@H](CCCNc1nc(O)c(C)[nH]1)C(=O)O. The number of H-pyrrole nitrogens is 1. The molecule has 0 fully saturated rings. The summed E-state index contributed by atoms with van der Waals surface area (Å²) < 4.78 is 0. The first-order chi connectivity index (χ1) is 8.90. The molecule has 5 N–H and O–H groups in total. The predicted octanol–water partition coefficient (Wildman–Crippen LogP) is 0.205. The van der Waals surface area contributed by atoms with Gasteiger partial charge in [-0.3, -0.25) is 4.79 Å². The molecule has 1 rings (SSSR count). The minimum atomic E-state index is -1.05. The van der Waals surface area contributed by atoms with Gasteiger partial charge in [-0.1, -0.05) is 0 Å². The summed E-state index contributed by atoms with van der Waals surface area (Å²) in [6, 6.07) is -0.883. The van der Waals surface area contributed by atoms with E-state index in [0.29, 0.717) is 31.0 Å². The second kappa shape index (κ2) is 6.62. The number of aromatic nitrogens is 2. The van der Waals surface area contributed by atoms with Crippen molar-refractivity contribution in [3.05, 3.63) is 5.69 Å². The zero-order valence-corrected chi connectivity index (χ0v) is 10.9. The van der Waals surface area contributed by atoms with E-state index in [4.69, 9.17) is 5.11 Å². The van der Waals surface area contributed by atoms with Crippen LogP contribution in [0.15, 0.2) is 0 Å². The van der Waals surface area contributed by atoms with Gasteiger partial charge in [0.1, 0.15) is 6.04 Å². The van der Waals surface area contributed by atoms with Gasteiger partial charge < -0.3 is 25.8 Å². The predicted molar refractivity (Wildman–Crippen MR) is 68.0 cm³/mol. The van der Waals surface area contributed by atoms with Gasteiger partial charge in [0.15, 0.2) is 0 Å². The van der Waals surface area contributed by atoms with E-state index in [1.54, 1.807) is 6.92 Å². The minimum Gasteiger partial charge on any atom is -0.492 e. The van der Waals surface area contributed by atoms with Crippen LogP contribution in [0.25, 0.3) is 0 Å². The van der Waals surface area contributed by atoms with Crippen LogP contribution >= 0.6 is 0 Å². The number of aryl methyl sites for hydroxylation is 1. The molecule has 0 radical (unpaired) electrons. The lowest BCUT2D eigenvalue weighted by Crippen LogP contribution is -2.39. The molecule has 106 valence electrons. The van der Waals surface area contributed by atoms with Crippen LogP contribution in [0, 0.1) is 6.92 Å². The number of anilines is 1. The van der Waals surface area contributed by atoms with Gasteiger partial charge in [-0.15, -0.1) is 0 Å². The molecule has 8 nitrogen and oxygen atoms in total. The molecule has 1 aromatic heterocycles. The molecule has 19 heavy (non-hydrogen) atoms. The van der Waals surface area contributed by atoms with E-state index < -0.39 is 12.0 Å². The maximum absolute atomic E-state index is 10.9. The van der Waals surface area contributed by atoms with Crippen molar-refractivity contribution in [2.45, 2.75) is 32.7 Å². The van der Waals surface area contributed by atoms with Crippen molar-refractivity contribution in [2.24, 2.45) is 0 Å². The highest BCUT2D eigenvalue weighted by Crippen LogP contribution is 2.14. The molecule has 0 spiro atoms. The van der Waals surface area contributed by atoms with Gasteiger partial charge in [-0.25, -0.2) is 4.79 Å². The number of carbonyl (C=O) groups excluding carboxylic acids is 1. The first-order valence-corrected chi connectivity index (χ1v) is 5.89. The van der Waals surface area contributed by atoms with Crippen LogP contribution < -0.4 is 10.6 Å². The van der Waals surface area contributed by atoms with Crippen LogP contribution in [-0.2, 0) is 9.59 Å². The summed E-state index contributed by atoms with van der Waals surface area (Å²) in [5, 5.41) is 23.4. The highest BCUT2D eigenvalue weighted by molar-refractivity contribution is 5.81. The average molecular weight is 270 g/mol. The Labute approximate surface area is 110 Å². The Balaban J connectivity index is 2.32. The number of nitrogens with zero attached hydrogens (tertiary/aromatic N) is 1. The fourth-order valence-corrected chi connectivity index (χ4v) is 1.55. The maximum atomic E-state index is 10.9. The summed E-state index contributed by atoms with van der Waals surface area (Å²) in [5.74, 6) is -1.06. The molecule has 0 saturated carbocycles. The fourth-order valence-electron chi connectivity index (χ4n) is 1.55. The number of carboxylic acids is 1. The summed E-state index contributed by atoms with van der Waals surface area (Å²) in [6.07, 6.45) is 0.853. The number of aliphatic carboxylic acids is 1. The summed E-state index contributed by atoms with van der Waals surface area (Å²) in [5.41, 5.74) is 0.559. The summed E-state index contributed by atoms with van der Waals surface area (Å²) >= 11 is 0. The molecule has 1 atom stereocenters. The lowest BCUT2D eigenvalue weighted by Gasteiger charge is -2.12. The highest BCUT2D eigenvalue weighted by atomic mass is 16.4. The second-order valence-corrected chi connectivity index (χ2v) is 4.19. The number of carboxylic acid groups (broad SMARTS) is 1. The van der Waals surface area contributed by atoms with Crippen molar-refractivity contribution in [2.75, 3.05) is 11.9 Å². The molecular weight excluding hydrogens is 252 g/mol. The smallest absolute Gasteiger partial charge is 0.326 e. The number of rotatable bonds is 7. The molecule has 0 aliphatic rings. The molecule has 0 aliphatic heterocycles. The van der Waals surface area contributed by atoms with Gasteiger partial charge in [-0.05, 0) is 19.8 Å². The molecule has 0 unspecified atom stereocenters. The Hall–Kier alpha value is -2.25. The van der Waals surface area contributed by atoms with Crippen molar-refractivity contribution in [1.82, 2.24) is 15.3 Å². The van der Waals surface area contributed by atoms with Crippen LogP contribution in [-0.4, -0.2) is 44.6 Å². The normalized spacial score (nSPS) is 11.9. The monoisotopic (exact) mass is 270 g/mol. The van der Waals surface area contributed by atoms with E-state index in [9.17, 15) is 14.7 Å². The summed E-state index contributed by atoms with van der Waals surface area (Å²) in [7, 11) is 0. The Morgan fingerprint density at radius 2 is 2.16 bits per heavy atom. The number of aromatic amines is 1. The lowest BCUT2D eigenvalue weighted by atomic mass is 10.1. The average Bonchev–Trinajstić information content (AvgIpc) is 2.62. The van der Waals surface area contributed by atoms with Gasteiger partial charge in [0, 0.05) is 13.5 Å². The third kappa shape index (κ3) is 4.86. The standard InChI is InChI=1S/C11H18N4O4/c1-6-9(17)15-11(13-6)12-5-3-4-8(10(18)19)14-7(2)16/h8,17H,3-5H2,1-2H3,(H,14,16)(H,18,19)(H2,12,13,15)/t8-/m0/s1. The van der Waals surface area contributed by atoms with Crippen molar-refractivity contribution < 1.29 is 19.8 Å². The van der Waals surface area contributed by atoms with E-state index in [1.807, 2.05) is 0 Å². The maximum Gasteiger partial charge on any atom is 0.326 e. The Morgan fingerprint density at radius 1 is 1.47 bits per heavy atom. The zero-order chi connectivity index (χ0) is 14.4. The van der Waals surface area contributed by atoms with Crippen LogP contribution in [0.1, 0.15) is 25.5 Å². The molecular formula is C11H18N4O4. The number of amides is 1. The first kappa shape index (κ1) is 14.8. The minimum absolute atomic E-state index is 0.0656. The Bertz CT molecular complexity index is 438. The summed E-state index contributed by atoms with van der Waals surface area (Å²) in [6.45, 7) is 3.45. The molecule has 0 aliphatic carbocycles. The Morgan fingerprint density at radius 3 is 2.63 bits per heavy atom. The molecule has 0 bridgehead atoms. The van der Waals surface area contributed by atoms with E-state index in [-0.39, 0.29) is 11.8 Å². The van der Waals surface area contributed by atoms with E-state index in [1.165, 1.54) is 6.92 Å². The van der Waals surface area contributed by atoms with Gasteiger partial charge in [0.2, 0.25) is 17.7 Å². The van der Waals surface area contributed by atoms with Gasteiger partial charge in [0.25, 0.3) is 0 Å². The van der Waals surface area contributed by atoms with Crippen LogP contribution in [0.5, 0.6) is 5.88 Å². The highest BCUT2D eigenvalue weighted by Gasteiger charge is 2.17. The quantitative estimate of drug-likeness (QED) is 0.450. The largest absolute Gasteiger partial charge is 0.492 e. The third-order valence-corrected chi connectivity index (χ3v) is 2.50. The van der Waals surface area contributed by atoms with Crippen molar-refractivity contribution in [3.8, 4) is 5.88 Å². The lowest BCUT2D eigenvalue weighted by molar-refractivity contribution is -0.141. The zero-order valence-electron chi connectivity index (χ0n) is 10.9. The molecule has 1 amide bonds. The second-order valence-electron chi connectivity index (χ2n) is 4.19. The Kier molecular flexibility index (Phi) is 5.16. The number of hydrogen-bond donors (Lipinski definition) is 5. The van der Waals surface area contributed by atoms with Crippen molar-refractivity contribution in [3.63, 3.8) is 0 Å². The van der Waals surface area contributed by atoms with Gasteiger partial charge >= 0.3 is 5.97 Å². The first-order valence-electron chi connectivity index (χ1n) is 5.89. The summed E-state index contributed by atoms with van der Waals surface area (Å²) in [4.78, 5) is 28.3. The fraction of sp³-hybridized carbons (Fsp3) is 0.545. The van der Waals surface area contributed by atoms with Gasteiger partial charge in [0.05, 0.1) is 5.69 Å². The molecule has 0 aromatic carbocycles. The third-order valence-electron chi connectivity index (χ3n) is 2.50. The van der Waals surface area contributed by atoms with Crippen molar-refractivity contribution in [1.29, 1.82) is 0 Å².